The summed E-state index contributed by atoms with van der Waals surface area (Å²) in [6.07, 6.45) is 7.75. The van der Waals surface area contributed by atoms with Crippen molar-refractivity contribution in [3.8, 4) is 0 Å². The summed E-state index contributed by atoms with van der Waals surface area (Å²) in [4.78, 5) is 35.1. The summed E-state index contributed by atoms with van der Waals surface area (Å²) in [6, 6.07) is 11.9. The topological polar surface area (TPSA) is 79.5 Å². The number of fused-ring (bicyclic) bond motifs is 1. The smallest absolute Gasteiger partial charge is 0.259 e. The number of carbonyl (C=O) groups excluding carboxylic acids is 2. The number of thiophene rings is 1. The number of likely N-dealkylation sites (tertiary alicyclic amines) is 1. The lowest BCUT2D eigenvalue weighted by molar-refractivity contribution is 0.0614. The van der Waals surface area contributed by atoms with E-state index >= 15 is 0 Å². The van der Waals surface area contributed by atoms with Crippen molar-refractivity contribution in [2.45, 2.75) is 44.6 Å². The van der Waals surface area contributed by atoms with Crippen LogP contribution in [0.25, 0.3) is 10.1 Å². The van der Waals surface area contributed by atoms with Gasteiger partial charge in [-0.1, -0.05) is 18.2 Å². The van der Waals surface area contributed by atoms with Crippen molar-refractivity contribution < 1.29 is 9.59 Å². The van der Waals surface area contributed by atoms with Gasteiger partial charge in [-0.25, -0.2) is 4.98 Å². The minimum atomic E-state index is -0.390. The van der Waals surface area contributed by atoms with E-state index in [2.05, 4.69) is 9.88 Å². The van der Waals surface area contributed by atoms with Crippen LogP contribution in [0.2, 0.25) is 0 Å². The van der Waals surface area contributed by atoms with Gasteiger partial charge in [-0.05, 0) is 67.7 Å². The molecule has 5 rings (SSSR count). The monoisotopic (exact) mass is 448 g/mol. The minimum Gasteiger partial charge on any atom is -0.365 e. The van der Waals surface area contributed by atoms with Gasteiger partial charge < -0.3 is 15.5 Å². The molecule has 0 spiro atoms. The largest absolute Gasteiger partial charge is 0.365 e. The molecule has 4 heterocycles. The standard InChI is InChI=1S/C25H28N4O2S/c26-24(30)23-20(19-8-1-2-9-21(19)32-23)16-18-7-3-4-14-29(18)25(31)17-10-11-27-22(15-17)28-12-5-6-13-28/h1-2,8-11,15,18H,3-7,12-14,16H2,(H2,26,30)/t18-/m0/s1. The van der Waals surface area contributed by atoms with Gasteiger partial charge in [0.05, 0.1) is 4.88 Å². The maximum Gasteiger partial charge on any atom is 0.259 e. The maximum atomic E-state index is 13.6. The first kappa shape index (κ1) is 20.9. The van der Waals surface area contributed by atoms with Crippen LogP contribution in [0.1, 0.15) is 57.7 Å². The van der Waals surface area contributed by atoms with Gasteiger partial charge in [0.2, 0.25) is 0 Å². The summed E-state index contributed by atoms with van der Waals surface area (Å²) in [5.41, 5.74) is 7.40. The maximum absolute atomic E-state index is 13.6. The van der Waals surface area contributed by atoms with Gasteiger partial charge in [0.25, 0.3) is 11.8 Å². The van der Waals surface area contributed by atoms with Gasteiger partial charge in [0.1, 0.15) is 5.82 Å². The quantitative estimate of drug-likeness (QED) is 0.633. The fraction of sp³-hybridized carbons (Fsp3) is 0.400. The number of amides is 2. The summed E-state index contributed by atoms with van der Waals surface area (Å²) in [6.45, 7) is 2.73. The van der Waals surface area contributed by atoms with Crippen LogP contribution in [0.4, 0.5) is 5.82 Å². The fourth-order valence-electron chi connectivity index (χ4n) is 5.05. The third kappa shape index (κ3) is 3.97. The molecule has 0 bridgehead atoms. The van der Waals surface area contributed by atoms with Crippen molar-refractivity contribution in [1.82, 2.24) is 9.88 Å². The van der Waals surface area contributed by atoms with E-state index in [1.807, 2.05) is 41.3 Å². The Hall–Kier alpha value is -2.93. The molecule has 1 aromatic carbocycles. The predicted octanol–water partition coefficient (Wildman–Crippen LogP) is 4.23. The van der Waals surface area contributed by atoms with Crippen LogP contribution in [-0.4, -0.2) is 47.4 Å². The Morgan fingerprint density at radius 2 is 1.84 bits per heavy atom. The van der Waals surface area contributed by atoms with Crippen molar-refractivity contribution in [2.75, 3.05) is 24.5 Å². The van der Waals surface area contributed by atoms with Crippen LogP contribution >= 0.6 is 11.3 Å². The number of anilines is 1. The highest BCUT2D eigenvalue weighted by Gasteiger charge is 2.30. The molecule has 1 atom stereocenters. The molecule has 2 N–H and O–H groups in total. The van der Waals surface area contributed by atoms with E-state index in [0.29, 0.717) is 16.9 Å². The number of nitrogens with two attached hydrogens (primary N) is 1. The van der Waals surface area contributed by atoms with E-state index < -0.39 is 0 Å². The van der Waals surface area contributed by atoms with Crippen molar-refractivity contribution >= 4 is 39.1 Å². The number of nitrogens with zero attached hydrogens (tertiary/aromatic N) is 3. The van der Waals surface area contributed by atoms with E-state index in [9.17, 15) is 9.59 Å². The number of pyridine rings is 1. The van der Waals surface area contributed by atoms with Gasteiger partial charge in [0.15, 0.2) is 0 Å². The number of carbonyl (C=O) groups is 2. The Labute approximate surface area is 192 Å². The first-order valence-corrected chi connectivity index (χ1v) is 12.3. The first-order chi connectivity index (χ1) is 15.6. The Morgan fingerprint density at radius 3 is 2.66 bits per heavy atom. The highest BCUT2D eigenvalue weighted by Crippen LogP contribution is 2.34. The summed E-state index contributed by atoms with van der Waals surface area (Å²) in [5, 5.41) is 1.07. The lowest BCUT2D eigenvalue weighted by Gasteiger charge is -2.36. The number of aromatic nitrogens is 1. The summed E-state index contributed by atoms with van der Waals surface area (Å²) in [7, 11) is 0. The third-order valence-electron chi connectivity index (χ3n) is 6.67. The molecule has 0 radical (unpaired) electrons. The average Bonchev–Trinajstić information content (AvgIpc) is 3.48. The van der Waals surface area contributed by atoms with E-state index in [1.54, 1.807) is 6.20 Å². The van der Waals surface area contributed by atoms with Crippen molar-refractivity contribution in [3.05, 3.63) is 58.6 Å². The average molecular weight is 449 g/mol. The second kappa shape index (κ2) is 8.90. The Kier molecular flexibility index (Phi) is 5.83. The van der Waals surface area contributed by atoms with Gasteiger partial charge in [-0.3, -0.25) is 9.59 Å². The Morgan fingerprint density at radius 1 is 1.06 bits per heavy atom. The Balaban J connectivity index is 1.43. The number of rotatable bonds is 5. The number of benzene rings is 1. The van der Waals surface area contributed by atoms with Gasteiger partial charge in [0, 0.05) is 42.1 Å². The molecule has 0 saturated carbocycles. The van der Waals surface area contributed by atoms with Crippen molar-refractivity contribution in [1.29, 1.82) is 0 Å². The van der Waals surface area contributed by atoms with Gasteiger partial charge in [-0.2, -0.15) is 0 Å². The van der Waals surface area contributed by atoms with Crippen molar-refractivity contribution in [2.24, 2.45) is 5.73 Å². The molecule has 2 aromatic heterocycles. The molecule has 2 fully saturated rings. The summed E-state index contributed by atoms with van der Waals surface area (Å²) < 4.78 is 1.06. The lowest BCUT2D eigenvalue weighted by atomic mass is 9.93. The van der Waals surface area contributed by atoms with E-state index in [1.165, 1.54) is 24.2 Å². The zero-order chi connectivity index (χ0) is 22.1. The zero-order valence-corrected chi connectivity index (χ0v) is 18.9. The SMILES string of the molecule is NC(=O)c1sc2ccccc2c1C[C@@H]1CCCCN1C(=O)c1ccnc(N2CCCC2)c1. The minimum absolute atomic E-state index is 0.0516. The van der Waals surface area contributed by atoms with Crippen LogP contribution in [0.15, 0.2) is 42.6 Å². The van der Waals surface area contributed by atoms with E-state index in [-0.39, 0.29) is 17.9 Å². The molecule has 2 aliphatic heterocycles. The molecule has 0 unspecified atom stereocenters. The normalized spacial score (nSPS) is 18.9. The molecule has 32 heavy (non-hydrogen) atoms. The van der Waals surface area contributed by atoms with Crippen LogP contribution in [-0.2, 0) is 6.42 Å². The molecular weight excluding hydrogens is 420 g/mol. The van der Waals surface area contributed by atoms with Crippen LogP contribution in [0, 0.1) is 0 Å². The molecule has 2 amide bonds. The molecule has 6 nitrogen and oxygen atoms in total. The van der Waals surface area contributed by atoms with Crippen LogP contribution in [0.3, 0.4) is 0 Å². The molecule has 3 aromatic rings. The summed E-state index contributed by atoms with van der Waals surface area (Å²) >= 11 is 1.45. The van der Waals surface area contributed by atoms with Gasteiger partial charge >= 0.3 is 0 Å². The predicted molar refractivity (Wildman–Crippen MR) is 128 cm³/mol. The lowest BCUT2D eigenvalue weighted by Crippen LogP contribution is -2.45. The number of hydrogen-bond acceptors (Lipinski definition) is 5. The number of piperidine rings is 1. The van der Waals surface area contributed by atoms with Crippen LogP contribution in [0.5, 0.6) is 0 Å². The number of hydrogen-bond donors (Lipinski definition) is 1. The molecule has 2 aliphatic rings. The van der Waals surface area contributed by atoms with Gasteiger partial charge in [-0.15, -0.1) is 11.3 Å². The fourth-order valence-corrected chi connectivity index (χ4v) is 6.14. The number of primary amides is 1. The zero-order valence-electron chi connectivity index (χ0n) is 18.1. The molecule has 2 saturated heterocycles. The second-order valence-electron chi connectivity index (χ2n) is 8.72. The molecular formula is C25H28N4O2S. The third-order valence-corrected chi connectivity index (χ3v) is 7.90. The molecule has 0 aliphatic carbocycles. The van der Waals surface area contributed by atoms with Crippen LogP contribution < -0.4 is 10.6 Å². The Bertz CT molecular complexity index is 1150. The second-order valence-corrected chi connectivity index (χ2v) is 9.77. The summed E-state index contributed by atoms with van der Waals surface area (Å²) in [5.74, 6) is 0.554. The molecule has 166 valence electrons. The van der Waals surface area contributed by atoms with E-state index in [4.69, 9.17) is 5.73 Å². The molecule has 7 heteroatoms. The van der Waals surface area contributed by atoms with E-state index in [0.717, 1.165) is 60.4 Å². The van der Waals surface area contributed by atoms with Crippen molar-refractivity contribution in [3.63, 3.8) is 0 Å². The highest BCUT2D eigenvalue weighted by atomic mass is 32.1. The highest BCUT2D eigenvalue weighted by molar-refractivity contribution is 7.21. The first-order valence-electron chi connectivity index (χ1n) is 11.4.